The van der Waals surface area contributed by atoms with Gasteiger partial charge in [0.05, 0.1) is 5.69 Å². The zero-order valence-electron chi connectivity index (χ0n) is 11.1. The molecular weight excluding hydrogens is 244 g/mol. The van der Waals surface area contributed by atoms with Gasteiger partial charge in [0, 0.05) is 17.3 Å². The summed E-state index contributed by atoms with van der Waals surface area (Å²) in [5, 5.41) is 0. The minimum atomic E-state index is 0.807. The highest BCUT2D eigenvalue weighted by Gasteiger charge is 2.18. The smallest absolute Gasteiger partial charge is 0.159 e. The van der Waals surface area contributed by atoms with Crippen molar-refractivity contribution in [1.29, 1.82) is 0 Å². The molecule has 0 bridgehead atoms. The Morgan fingerprint density at radius 2 is 1.50 bits per heavy atom. The Bertz CT molecular complexity index is 763. The highest BCUT2D eigenvalue weighted by atomic mass is 14.9. The number of hydrogen-bond acceptors (Lipinski definition) is 2. The molecule has 1 aliphatic rings. The van der Waals surface area contributed by atoms with E-state index in [9.17, 15) is 0 Å². The summed E-state index contributed by atoms with van der Waals surface area (Å²) in [6.07, 6.45) is 4.10. The van der Waals surface area contributed by atoms with Crippen LogP contribution < -0.4 is 0 Å². The second-order valence-electron chi connectivity index (χ2n) is 5.09. The molecular formula is C18H14N2. The molecule has 20 heavy (non-hydrogen) atoms. The van der Waals surface area contributed by atoms with E-state index in [1.54, 1.807) is 0 Å². The molecule has 0 atom stereocenters. The molecule has 0 radical (unpaired) electrons. The first-order chi connectivity index (χ1) is 9.92. The Labute approximate surface area is 118 Å². The summed E-state index contributed by atoms with van der Waals surface area (Å²) in [6, 6.07) is 18.7. The van der Waals surface area contributed by atoms with Gasteiger partial charge in [-0.05, 0) is 24.0 Å². The van der Waals surface area contributed by atoms with Gasteiger partial charge in [-0.25, -0.2) is 9.97 Å². The Hall–Kier alpha value is -2.48. The van der Waals surface area contributed by atoms with Crippen molar-refractivity contribution in [3.05, 3.63) is 71.9 Å². The number of rotatable bonds is 1. The molecule has 0 N–H and O–H groups in total. The van der Waals surface area contributed by atoms with Crippen LogP contribution in [0.25, 0.3) is 22.6 Å². The molecule has 0 saturated carbocycles. The van der Waals surface area contributed by atoms with E-state index < -0.39 is 0 Å². The minimum Gasteiger partial charge on any atom is -0.236 e. The van der Waals surface area contributed by atoms with Crippen LogP contribution in [0.5, 0.6) is 0 Å². The summed E-state index contributed by atoms with van der Waals surface area (Å²) < 4.78 is 0. The molecule has 4 rings (SSSR count). The highest BCUT2D eigenvalue weighted by Crippen LogP contribution is 2.32. The second kappa shape index (κ2) is 4.57. The molecule has 2 heteroatoms. The van der Waals surface area contributed by atoms with Gasteiger partial charge in [-0.3, -0.25) is 0 Å². The van der Waals surface area contributed by atoms with E-state index >= 15 is 0 Å². The van der Waals surface area contributed by atoms with E-state index in [0.29, 0.717) is 0 Å². The molecule has 1 aromatic heterocycles. The third-order valence-corrected chi connectivity index (χ3v) is 3.83. The van der Waals surface area contributed by atoms with Crippen molar-refractivity contribution in [3.8, 4) is 22.6 Å². The van der Waals surface area contributed by atoms with E-state index in [-0.39, 0.29) is 0 Å². The number of fused-ring (bicyclic) bond motifs is 3. The molecule has 2 nitrogen and oxygen atoms in total. The molecule has 0 unspecified atom stereocenters. The van der Waals surface area contributed by atoms with Crippen LogP contribution in [0.1, 0.15) is 11.1 Å². The first-order valence-electron chi connectivity index (χ1n) is 6.91. The molecule has 0 fully saturated rings. The fourth-order valence-corrected chi connectivity index (χ4v) is 2.79. The summed E-state index contributed by atoms with van der Waals surface area (Å²) >= 11 is 0. The highest BCUT2D eigenvalue weighted by molar-refractivity contribution is 5.71. The fraction of sp³-hybridized carbons (Fsp3) is 0.111. The summed E-state index contributed by atoms with van der Waals surface area (Å²) in [5.74, 6) is 0.807. The lowest BCUT2D eigenvalue weighted by Gasteiger charge is -2.18. The molecule has 0 aliphatic heterocycles. The third kappa shape index (κ3) is 1.81. The van der Waals surface area contributed by atoms with Crippen LogP contribution in [0.3, 0.4) is 0 Å². The van der Waals surface area contributed by atoms with Gasteiger partial charge in [0.25, 0.3) is 0 Å². The van der Waals surface area contributed by atoms with Gasteiger partial charge >= 0.3 is 0 Å². The van der Waals surface area contributed by atoms with E-state index in [0.717, 1.165) is 29.9 Å². The van der Waals surface area contributed by atoms with Gasteiger partial charge in [-0.1, -0.05) is 54.6 Å². The maximum Gasteiger partial charge on any atom is 0.159 e. The third-order valence-electron chi connectivity index (χ3n) is 3.83. The zero-order chi connectivity index (χ0) is 13.4. The predicted octanol–water partition coefficient (Wildman–Crippen LogP) is 3.91. The zero-order valence-corrected chi connectivity index (χ0v) is 11.1. The topological polar surface area (TPSA) is 25.8 Å². The summed E-state index contributed by atoms with van der Waals surface area (Å²) in [5.41, 5.74) is 6.06. The van der Waals surface area contributed by atoms with E-state index in [1.165, 1.54) is 16.7 Å². The van der Waals surface area contributed by atoms with Gasteiger partial charge in [-0.2, -0.15) is 0 Å². The lowest BCUT2D eigenvalue weighted by molar-refractivity contribution is 0.912. The monoisotopic (exact) mass is 258 g/mol. The average molecular weight is 258 g/mol. The van der Waals surface area contributed by atoms with Gasteiger partial charge < -0.3 is 0 Å². The van der Waals surface area contributed by atoms with Crippen LogP contribution in [0.2, 0.25) is 0 Å². The lowest BCUT2D eigenvalue weighted by Crippen LogP contribution is -2.07. The first kappa shape index (κ1) is 11.4. The summed E-state index contributed by atoms with van der Waals surface area (Å²) in [6.45, 7) is 0. The second-order valence-corrected chi connectivity index (χ2v) is 5.09. The predicted molar refractivity (Wildman–Crippen MR) is 80.3 cm³/mol. The Kier molecular flexibility index (Phi) is 2.59. The van der Waals surface area contributed by atoms with E-state index in [1.807, 2.05) is 24.4 Å². The lowest BCUT2D eigenvalue weighted by atomic mass is 9.90. The number of aromatic nitrogens is 2. The Balaban J connectivity index is 1.90. The number of nitrogens with zero attached hydrogens (tertiary/aromatic N) is 2. The Morgan fingerprint density at radius 1 is 0.750 bits per heavy atom. The van der Waals surface area contributed by atoms with Gasteiger partial charge in [0.2, 0.25) is 0 Å². The summed E-state index contributed by atoms with van der Waals surface area (Å²) in [4.78, 5) is 9.34. The number of hydrogen-bond donors (Lipinski definition) is 0. The van der Waals surface area contributed by atoms with Gasteiger partial charge in [0.1, 0.15) is 0 Å². The molecule has 96 valence electrons. The van der Waals surface area contributed by atoms with Crippen LogP contribution >= 0.6 is 0 Å². The van der Waals surface area contributed by atoms with Crippen molar-refractivity contribution in [2.75, 3.05) is 0 Å². The quantitative estimate of drug-likeness (QED) is 0.661. The molecule has 0 spiro atoms. The number of aryl methyl sites for hydroxylation is 2. The van der Waals surface area contributed by atoms with Crippen molar-refractivity contribution >= 4 is 0 Å². The van der Waals surface area contributed by atoms with Crippen molar-refractivity contribution < 1.29 is 0 Å². The summed E-state index contributed by atoms with van der Waals surface area (Å²) in [7, 11) is 0. The largest absolute Gasteiger partial charge is 0.236 e. The van der Waals surface area contributed by atoms with Crippen molar-refractivity contribution in [2.45, 2.75) is 12.8 Å². The fourth-order valence-electron chi connectivity index (χ4n) is 2.79. The molecule has 0 saturated heterocycles. The van der Waals surface area contributed by atoms with E-state index in [2.05, 4.69) is 41.4 Å². The van der Waals surface area contributed by atoms with Crippen LogP contribution in [0, 0.1) is 0 Å². The van der Waals surface area contributed by atoms with Crippen molar-refractivity contribution in [1.82, 2.24) is 9.97 Å². The maximum absolute atomic E-state index is 4.81. The van der Waals surface area contributed by atoms with E-state index in [4.69, 9.17) is 4.98 Å². The van der Waals surface area contributed by atoms with Crippen LogP contribution in [0.4, 0.5) is 0 Å². The average Bonchev–Trinajstić information content (AvgIpc) is 2.55. The van der Waals surface area contributed by atoms with Gasteiger partial charge in [0.15, 0.2) is 5.82 Å². The normalized spacial score (nSPS) is 12.6. The number of benzene rings is 2. The van der Waals surface area contributed by atoms with Crippen LogP contribution in [-0.4, -0.2) is 9.97 Å². The van der Waals surface area contributed by atoms with Crippen LogP contribution in [-0.2, 0) is 12.8 Å². The molecule has 1 aliphatic carbocycles. The molecule has 0 amide bonds. The molecule has 3 aromatic rings. The van der Waals surface area contributed by atoms with Crippen molar-refractivity contribution in [2.24, 2.45) is 0 Å². The van der Waals surface area contributed by atoms with Crippen LogP contribution in [0.15, 0.2) is 60.8 Å². The molecule has 1 heterocycles. The SMILES string of the molecule is c1ccc(-c2ncc3c(n2)-c2ccccc2CC3)cc1. The first-order valence-corrected chi connectivity index (χ1v) is 6.91. The van der Waals surface area contributed by atoms with Gasteiger partial charge in [-0.15, -0.1) is 0 Å². The molecule has 2 aromatic carbocycles. The van der Waals surface area contributed by atoms with Crippen molar-refractivity contribution in [3.63, 3.8) is 0 Å². The Morgan fingerprint density at radius 3 is 2.40 bits per heavy atom. The maximum atomic E-state index is 4.81. The standard InChI is InChI=1S/C18H14N2/c1-2-7-14(8-3-1)18-19-12-15-11-10-13-6-4-5-9-16(13)17(15)20-18/h1-9,12H,10-11H2. The minimum absolute atomic E-state index is 0.807.